The monoisotopic (exact) mass is 224 g/mol. The van der Waals surface area contributed by atoms with E-state index in [0.29, 0.717) is 18.8 Å². The van der Waals surface area contributed by atoms with E-state index in [1.165, 1.54) is 0 Å². The molecule has 5 heteroatoms. The van der Waals surface area contributed by atoms with Crippen LogP contribution in [0.4, 0.5) is 5.69 Å². The zero-order chi connectivity index (χ0) is 11.8. The SMILES string of the molecule is NCCOCC(=O)Nc1cccc(CO)c1. The second kappa shape index (κ2) is 6.95. The fourth-order valence-electron chi connectivity index (χ4n) is 1.19. The van der Waals surface area contributed by atoms with Crippen molar-refractivity contribution in [1.82, 2.24) is 0 Å². The van der Waals surface area contributed by atoms with Crippen LogP contribution in [-0.2, 0) is 16.1 Å². The molecule has 0 aliphatic heterocycles. The van der Waals surface area contributed by atoms with Crippen LogP contribution in [0.1, 0.15) is 5.56 Å². The maximum atomic E-state index is 11.3. The van der Waals surface area contributed by atoms with Gasteiger partial charge in [0.1, 0.15) is 6.61 Å². The van der Waals surface area contributed by atoms with E-state index in [-0.39, 0.29) is 19.1 Å². The molecule has 5 nitrogen and oxygen atoms in total. The molecule has 0 fully saturated rings. The summed E-state index contributed by atoms with van der Waals surface area (Å²) in [5, 5.41) is 11.6. The summed E-state index contributed by atoms with van der Waals surface area (Å²) in [5.74, 6) is -0.233. The number of amides is 1. The smallest absolute Gasteiger partial charge is 0.250 e. The number of carbonyl (C=O) groups excluding carboxylic acids is 1. The molecule has 0 saturated carbocycles. The molecular weight excluding hydrogens is 208 g/mol. The third kappa shape index (κ3) is 4.39. The number of carbonyl (C=O) groups is 1. The zero-order valence-electron chi connectivity index (χ0n) is 8.98. The van der Waals surface area contributed by atoms with Crippen molar-refractivity contribution in [2.45, 2.75) is 6.61 Å². The quantitative estimate of drug-likeness (QED) is 0.598. The molecule has 1 aromatic rings. The molecule has 0 atom stereocenters. The number of benzene rings is 1. The topological polar surface area (TPSA) is 84.6 Å². The van der Waals surface area contributed by atoms with Crippen LogP contribution in [-0.4, -0.2) is 30.8 Å². The standard InChI is InChI=1S/C11H16N2O3/c12-4-5-16-8-11(15)13-10-3-1-2-9(6-10)7-14/h1-3,6,14H,4-5,7-8,12H2,(H,13,15). The summed E-state index contributed by atoms with van der Waals surface area (Å²) >= 11 is 0. The van der Waals surface area contributed by atoms with E-state index < -0.39 is 0 Å². The van der Waals surface area contributed by atoms with Crippen molar-refractivity contribution in [2.75, 3.05) is 25.1 Å². The molecule has 88 valence electrons. The highest BCUT2D eigenvalue weighted by molar-refractivity contribution is 5.91. The molecule has 0 heterocycles. The van der Waals surface area contributed by atoms with Gasteiger partial charge in [-0.25, -0.2) is 0 Å². The Hall–Kier alpha value is -1.43. The van der Waals surface area contributed by atoms with Crippen molar-refractivity contribution in [3.05, 3.63) is 29.8 Å². The van der Waals surface area contributed by atoms with Crippen LogP contribution in [0.3, 0.4) is 0 Å². The van der Waals surface area contributed by atoms with E-state index in [2.05, 4.69) is 5.32 Å². The van der Waals surface area contributed by atoms with Gasteiger partial charge in [0, 0.05) is 12.2 Å². The molecule has 16 heavy (non-hydrogen) atoms. The Morgan fingerprint density at radius 3 is 3.00 bits per heavy atom. The minimum absolute atomic E-state index is 0.0133. The van der Waals surface area contributed by atoms with Gasteiger partial charge in [-0.2, -0.15) is 0 Å². The van der Waals surface area contributed by atoms with Crippen LogP contribution in [0.15, 0.2) is 24.3 Å². The number of anilines is 1. The Morgan fingerprint density at radius 2 is 2.31 bits per heavy atom. The summed E-state index contributed by atoms with van der Waals surface area (Å²) < 4.78 is 4.99. The van der Waals surface area contributed by atoms with Gasteiger partial charge in [-0.1, -0.05) is 12.1 Å². The molecule has 0 saturated heterocycles. The van der Waals surface area contributed by atoms with Crippen LogP contribution in [0.25, 0.3) is 0 Å². The first-order valence-electron chi connectivity index (χ1n) is 5.03. The van der Waals surface area contributed by atoms with Crippen LogP contribution in [0.5, 0.6) is 0 Å². The van der Waals surface area contributed by atoms with Crippen molar-refractivity contribution in [1.29, 1.82) is 0 Å². The first-order valence-corrected chi connectivity index (χ1v) is 5.03. The number of hydrogen-bond donors (Lipinski definition) is 3. The molecule has 1 amide bonds. The van der Waals surface area contributed by atoms with Gasteiger partial charge in [0.25, 0.3) is 0 Å². The second-order valence-corrected chi connectivity index (χ2v) is 3.25. The lowest BCUT2D eigenvalue weighted by atomic mass is 10.2. The highest BCUT2D eigenvalue weighted by Crippen LogP contribution is 2.10. The molecule has 0 unspecified atom stereocenters. The molecule has 0 radical (unpaired) electrons. The van der Waals surface area contributed by atoms with Crippen molar-refractivity contribution >= 4 is 11.6 Å². The van der Waals surface area contributed by atoms with Crippen LogP contribution in [0, 0.1) is 0 Å². The average molecular weight is 224 g/mol. The summed E-state index contributed by atoms with van der Waals surface area (Å²) in [7, 11) is 0. The highest BCUT2D eigenvalue weighted by Gasteiger charge is 2.02. The van der Waals surface area contributed by atoms with Gasteiger partial charge in [0.05, 0.1) is 13.2 Å². The first-order chi connectivity index (χ1) is 7.76. The number of ether oxygens (including phenoxy) is 1. The average Bonchev–Trinajstić information content (AvgIpc) is 2.29. The molecular formula is C11H16N2O3. The van der Waals surface area contributed by atoms with Crippen LogP contribution < -0.4 is 11.1 Å². The third-order valence-electron chi connectivity index (χ3n) is 1.89. The number of nitrogens with two attached hydrogens (primary N) is 1. The van der Waals surface area contributed by atoms with Crippen LogP contribution >= 0.6 is 0 Å². The molecule has 1 rings (SSSR count). The van der Waals surface area contributed by atoms with Gasteiger partial charge in [-0.3, -0.25) is 4.79 Å². The molecule has 4 N–H and O–H groups in total. The molecule has 0 spiro atoms. The lowest BCUT2D eigenvalue weighted by Crippen LogP contribution is -2.20. The van der Waals surface area contributed by atoms with Crippen molar-refractivity contribution in [3.63, 3.8) is 0 Å². The predicted octanol–water partition coefficient (Wildman–Crippen LogP) is 0.0927. The minimum atomic E-state index is -0.233. The van der Waals surface area contributed by atoms with Gasteiger partial charge in [0.2, 0.25) is 5.91 Å². The number of rotatable bonds is 6. The highest BCUT2D eigenvalue weighted by atomic mass is 16.5. The van der Waals surface area contributed by atoms with E-state index in [4.69, 9.17) is 15.6 Å². The van der Waals surface area contributed by atoms with Crippen molar-refractivity contribution < 1.29 is 14.6 Å². The predicted molar refractivity (Wildman–Crippen MR) is 60.9 cm³/mol. The summed E-state index contributed by atoms with van der Waals surface area (Å²) in [5.41, 5.74) is 6.62. The summed E-state index contributed by atoms with van der Waals surface area (Å²) in [6, 6.07) is 7.00. The lowest BCUT2D eigenvalue weighted by molar-refractivity contribution is -0.120. The third-order valence-corrected chi connectivity index (χ3v) is 1.89. The molecule has 1 aromatic carbocycles. The maximum Gasteiger partial charge on any atom is 0.250 e. The second-order valence-electron chi connectivity index (χ2n) is 3.25. The van der Waals surface area contributed by atoms with Gasteiger partial charge < -0.3 is 20.9 Å². The lowest BCUT2D eigenvalue weighted by Gasteiger charge is -2.06. The molecule has 0 aliphatic rings. The largest absolute Gasteiger partial charge is 0.392 e. The Labute approximate surface area is 94.2 Å². The molecule has 0 aliphatic carbocycles. The van der Waals surface area contributed by atoms with Gasteiger partial charge >= 0.3 is 0 Å². The van der Waals surface area contributed by atoms with E-state index in [0.717, 1.165) is 5.56 Å². The van der Waals surface area contributed by atoms with E-state index in [1.54, 1.807) is 24.3 Å². The number of hydrogen-bond acceptors (Lipinski definition) is 4. The first kappa shape index (κ1) is 12.6. The molecule has 0 aromatic heterocycles. The maximum absolute atomic E-state index is 11.3. The fourth-order valence-corrected chi connectivity index (χ4v) is 1.19. The van der Waals surface area contributed by atoms with Crippen molar-refractivity contribution in [3.8, 4) is 0 Å². The number of aliphatic hydroxyl groups excluding tert-OH is 1. The van der Waals surface area contributed by atoms with Crippen LogP contribution in [0.2, 0.25) is 0 Å². The number of aliphatic hydroxyl groups is 1. The Bertz CT molecular complexity index is 342. The van der Waals surface area contributed by atoms with Gasteiger partial charge in [-0.15, -0.1) is 0 Å². The van der Waals surface area contributed by atoms with E-state index in [1.807, 2.05) is 0 Å². The summed E-state index contributed by atoms with van der Waals surface area (Å²) in [6.07, 6.45) is 0. The zero-order valence-corrected chi connectivity index (χ0v) is 8.98. The molecule has 0 bridgehead atoms. The minimum Gasteiger partial charge on any atom is -0.392 e. The van der Waals surface area contributed by atoms with Crippen molar-refractivity contribution in [2.24, 2.45) is 5.73 Å². The van der Waals surface area contributed by atoms with Gasteiger partial charge in [0.15, 0.2) is 0 Å². The van der Waals surface area contributed by atoms with Gasteiger partial charge in [-0.05, 0) is 17.7 Å². The fraction of sp³-hybridized carbons (Fsp3) is 0.364. The van der Waals surface area contributed by atoms with E-state index >= 15 is 0 Å². The summed E-state index contributed by atoms with van der Waals surface area (Å²) in [4.78, 5) is 11.3. The van der Waals surface area contributed by atoms with E-state index in [9.17, 15) is 4.79 Å². The Balaban J connectivity index is 2.43. The Kier molecular flexibility index (Phi) is 5.49. The Morgan fingerprint density at radius 1 is 1.50 bits per heavy atom. The summed E-state index contributed by atoms with van der Waals surface area (Å²) in [6.45, 7) is 0.700. The number of nitrogens with one attached hydrogen (secondary N) is 1. The normalized spacial score (nSPS) is 10.1.